The van der Waals surface area contributed by atoms with E-state index in [4.69, 9.17) is 18.9 Å². The van der Waals surface area contributed by atoms with E-state index < -0.39 is 0 Å². The highest BCUT2D eigenvalue weighted by atomic mass is 16.5. The molecule has 6 heteroatoms. The number of hydrogen-bond acceptors (Lipinski definition) is 6. The molecule has 0 radical (unpaired) electrons. The molecule has 0 bridgehead atoms. The van der Waals surface area contributed by atoms with Gasteiger partial charge in [0.2, 0.25) is 0 Å². The van der Waals surface area contributed by atoms with Crippen LogP contribution in [0.4, 0.5) is 0 Å². The summed E-state index contributed by atoms with van der Waals surface area (Å²) >= 11 is 0. The molecule has 1 atom stereocenters. The molecular weight excluding hydrogens is 444 g/mol. The van der Waals surface area contributed by atoms with Crippen LogP contribution < -0.4 is 0 Å². The maximum Gasteiger partial charge on any atom is 0.306 e. The molecule has 2 aromatic rings. The molecule has 0 saturated carbocycles. The van der Waals surface area contributed by atoms with Gasteiger partial charge in [-0.1, -0.05) is 67.6 Å². The van der Waals surface area contributed by atoms with E-state index >= 15 is 0 Å². The SMILES string of the molecule is CC(CCOCCCCC(=O)OCc1ccccc1)CCOCCCC(=O)OCc1ccccc1. The molecule has 2 aromatic carbocycles. The highest BCUT2D eigenvalue weighted by Crippen LogP contribution is 2.09. The van der Waals surface area contributed by atoms with Gasteiger partial charge < -0.3 is 18.9 Å². The highest BCUT2D eigenvalue weighted by Gasteiger charge is 2.06. The number of unbranched alkanes of at least 4 members (excludes halogenated alkanes) is 1. The first-order valence-corrected chi connectivity index (χ1v) is 12.7. The molecule has 0 aliphatic heterocycles. The largest absolute Gasteiger partial charge is 0.461 e. The minimum Gasteiger partial charge on any atom is -0.461 e. The summed E-state index contributed by atoms with van der Waals surface area (Å²) in [6, 6.07) is 19.4. The Morgan fingerprint density at radius 2 is 1.09 bits per heavy atom. The van der Waals surface area contributed by atoms with Crippen molar-refractivity contribution in [3.8, 4) is 0 Å². The zero-order chi connectivity index (χ0) is 25.0. The third-order valence-corrected chi connectivity index (χ3v) is 5.58. The Morgan fingerprint density at radius 1 is 0.629 bits per heavy atom. The van der Waals surface area contributed by atoms with E-state index in [9.17, 15) is 9.59 Å². The summed E-state index contributed by atoms with van der Waals surface area (Å²) in [7, 11) is 0. The van der Waals surface area contributed by atoms with E-state index in [1.165, 1.54) is 0 Å². The Hall–Kier alpha value is -2.70. The summed E-state index contributed by atoms with van der Waals surface area (Å²) in [6.45, 7) is 5.47. The lowest BCUT2D eigenvalue weighted by Gasteiger charge is -2.12. The molecule has 0 aliphatic carbocycles. The van der Waals surface area contributed by atoms with Gasteiger partial charge in [-0.2, -0.15) is 0 Å². The van der Waals surface area contributed by atoms with Gasteiger partial charge in [0.15, 0.2) is 0 Å². The molecule has 0 heterocycles. The summed E-state index contributed by atoms with van der Waals surface area (Å²) in [6.07, 6.45) is 5.05. The van der Waals surface area contributed by atoms with Crippen molar-refractivity contribution in [3.05, 3.63) is 71.8 Å². The second kappa shape index (κ2) is 18.6. The second-order valence-corrected chi connectivity index (χ2v) is 8.76. The third-order valence-electron chi connectivity index (χ3n) is 5.58. The maximum absolute atomic E-state index is 11.8. The van der Waals surface area contributed by atoms with Crippen LogP contribution in [0.1, 0.15) is 63.0 Å². The van der Waals surface area contributed by atoms with Crippen molar-refractivity contribution in [2.45, 2.75) is 65.1 Å². The number of esters is 2. The lowest BCUT2D eigenvalue weighted by Crippen LogP contribution is -2.09. The van der Waals surface area contributed by atoms with Crippen LogP contribution in [0.3, 0.4) is 0 Å². The Balaban J connectivity index is 1.33. The van der Waals surface area contributed by atoms with Crippen LogP contribution in [-0.4, -0.2) is 38.4 Å². The molecule has 0 aliphatic rings. The van der Waals surface area contributed by atoms with E-state index in [1.807, 2.05) is 60.7 Å². The van der Waals surface area contributed by atoms with Crippen molar-refractivity contribution in [1.29, 1.82) is 0 Å². The van der Waals surface area contributed by atoms with E-state index in [2.05, 4.69) is 6.92 Å². The number of carbonyl (C=O) groups excluding carboxylic acids is 2. The average Bonchev–Trinajstić information content (AvgIpc) is 2.89. The summed E-state index contributed by atoms with van der Waals surface area (Å²) < 4.78 is 21.9. The van der Waals surface area contributed by atoms with Crippen LogP contribution in [0.2, 0.25) is 0 Å². The van der Waals surface area contributed by atoms with Crippen molar-refractivity contribution in [3.63, 3.8) is 0 Å². The molecule has 0 N–H and O–H groups in total. The van der Waals surface area contributed by atoms with Crippen LogP contribution in [0.5, 0.6) is 0 Å². The lowest BCUT2D eigenvalue weighted by atomic mass is 10.1. The smallest absolute Gasteiger partial charge is 0.306 e. The quantitative estimate of drug-likeness (QED) is 0.183. The molecule has 0 amide bonds. The fourth-order valence-electron chi connectivity index (χ4n) is 3.33. The Bertz CT molecular complexity index is 808. The molecule has 0 saturated heterocycles. The Morgan fingerprint density at radius 3 is 1.60 bits per heavy atom. The lowest BCUT2D eigenvalue weighted by molar-refractivity contribution is -0.146. The predicted molar refractivity (Wildman–Crippen MR) is 136 cm³/mol. The predicted octanol–water partition coefficient (Wildman–Crippen LogP) is 5.87. The van der Waals surface area contributed by atoms with E-state index in [-0.39, 0.29) is 11.9 Å². The molecule has 2 rings (SSSR count). The Labute approximate surface area is 209 Å². The minimum atomic E-state index is -0.188. The summed E-state index contributed by atoms with van der Waals surface area (Å²) in [4.78, 5) is 23.6. The molecular formula is C29H40O6. The van der Waals surface area contributed by atoms with Crippen molar-refractivity contribution >= 4 is 11.9 Å². The van der Waals surface area contributed by atoms with Gasteiger partial charge >= 0.3 is 11.9 Å². The molecule has 192 valence electrons. The third kappa shape index (κ3) is 15.0. The monoisotopic (exact) mass is 484 g/mol. The zero-order valence-electron chi connectivity index (χ0n) is 21.0. The Kier molecular flexibility index (Phi) is 15.2. The molecule has 0 aromatic heterocycles. The van der Waals surface area contributed by atoms with E-state index in [0.29, 0.717) is 64.8 Å². The van der Waals surface area contributed by atoms with Crippen molar-refractivity contribution in [2.75, 3.05) is 26.4 Å². The molecule has 6 nitrogen and oxygen atoms in total. The molecule has 0 fully saturated rings. The molecule has 0 spiro atoms. The van der Waals surface area contributed by atoms with Gasteiger partial charge in [0.05, 0.1) is 0 Å². The molecule has 35 heavy (non-hydrogen) atoms. The van der Waals surface area contributed by atoms with Crippen LogP contribution >= 0.6 is 0 Å². The van der Waals surface area contributed by atoms with Crippen LogP contribution in [0, 0.1) is 5.92 Å². The number of benzene rings is 2. The number of rotatable bonds is 19. The highest BCUT2D eigenvalue weighted by molar-refractivity contribution is 5.69. The van der Waals surface area contributed by atoms with Gasteiger partial charge in [-0.05, 0) is 49.1 Å². The van der Waals surface area contributed by atoms with Crippen LogP contribution in [0.15, 0.2) is 60.7 Å². The van der Waals surface area contributed by atoms with Gasteiger partial charge in [0, 0.05) is 39.3 Å². The number of carbonyl (C=O) groups is 2. The van der Waals surface area contributed by atoms with Crippen molar-refractivity contribution in [1.82, 2.24) is 0 Å². The zero-order valence-corrected chi connectivity index (χ0v) is 21.0. The standard InChI is InChI=1S/C29H40O6/c1-25(18-22-33-20-10-16-29(31)35-24-27-13-6-3-7-14-27)17-21-32-19-9-8-15-28(30)34-23-26-11-4-2-5-12-26/h2-7,11-14,25H,8-10,15-24H2,1H3. The maximum atomic E-state index is 11.8. The first-order chi connectivity index (χ1) is 17.1. The summed E-state index contributed by atoms with van der Waals surface area (Å²) in [5, 5.41) is 0. The van der Waals surface area contributed by atoms with Crippen LogP contribution in [0.25, 0.3) is 0 Å². The normalized spacial score (nSPS) is 11.7. The van der Waals surface area contributed by atoms with Gasteiger partial charge in [0.1, 0.15) is 13.2 Å². The van der Waals surface area contributed by atoms with E-state index in [0.717, 1.165) is 36.8 Å². The second-order valence-electron chi connectivity index (χ2n) is 8.76. The van der Waals surface area contributed by atoms with Gasteiger partial charge in [-0.15, -0.1) is 0 Å². The first-order valence-electron chi connectivity index (χ1n) is 12.7. The van der Waals surface area contributed by atoms with Gasteiger partial charge in [-0.3, -0.25) is 9.59 Å². The summed E-state index contributed by atoms with van der Waals surface area (Å²) in [5.74, 6) is 0.164. The fraction of sp³-hybridized carbons (Fsp3) is 0.517. The average molecular weight is 485 g/mol. The van der Waals surface area contributed by atoms with E-state index in [1.54, 1.807) is 0 Å². The molecule has 1 unspecified atom stereocenters. The van der Waals surface area contributed by atoms with Crippen molar-refractivity contribution < 1.29 is 28.5 Å². The van der Waals surface area contributed by atoms with Crippen molar-refractivity contribution in [2.24, 2.45) is 5.92 Å². The van der Waals surface area contributed by atoms with Gasteiger partial charge in [-0.25, -0.2) is 0 Å². The topological polar surface area (TPSA) is 71.1 Å². The minimum absolute atomic E-state index is 0.161. The summed E-state index contributed by atoms with van der Waals surface area (Å²) in [5.41, 5.74) is 2.00. The van der Waals surface area contributed by atoms with Crippen LogP contribution in [-0.2, 0) is 41.8 Å². The first kappa shape index (κ1) is 28.5. The fourth-order valence-corrected chi connectivity index (χ4v) is 3.33. The number of hydrogen-bond donors (Lipinski definition) is 0. The number of ether oxygens (including phenoxy) is 4. The van der Waals surface area contributed by atoms with Gasteiger partial charge in [0.25, 0.3) is 0 Å².